The Bertz CT molecular complexity index is 36.6. The van der Waals surface area contributed by atoms with Gasteiger partial charge in [0.15, 0.2) is 0 Å². The van der Waals surface area contributed by atoms with Crippen LogP contribution in [0.25, 0.3) is 0 Å². The van der Waals surface area contributed by atoms with Gasteiger partial charge in [-0.2, -0.15) is 5.11 Å². The first-order valence-electron chi connectivity index (χ1n) is 0.984. The molecule has 0 aliphatic heterocycles. The monoisotopic (exact) mass is 202 g/mol. The second-order valence-corrected chi connectivity index (χ2v) is 1.83. The maximum atomic E-state index is 3.50. The zero-order valence-electron chi connectivity index (χ0n) is 2.68. The van der Waals surface area contributed by atoms with Crippen LogP contribution in [-0.4, -0.2) is 7.05 Å². The highest BCUT2D eigenvalue weighted by atomic mass is 127. The van der Waals surface area contributed by atoms with Crippen LogP contribution >= 0.6 is 30.3 Å². The van der Waals surface area contributed by atoms with E-state index in [-0.39, 0.29) is 0 Å². The summed E-state index contributed by atoms with van der Waals surface area (Å²) in [6.07, 6.45) is 0. The first kappa shape index (κ1) is 5.68. The van der Waals surface area contributed by atoms with Crippen molar-refractivity contribution in [3.05, 3.63) is 0 Å². The molecule has 0 aliphatic carbocycles. The van der Waals surface area contributed by atoms with Crippen molar-refractivity contribution in [2.24, 2.45) is 9.63 Å². The Morgan fingerprint density at radius 2 is 2.40 bits per heavy atom. The van der Waals surface area contributed by atoms with Crippen molar-refractivity contribution in [1.82, 2.24) is 0 Å². The Kier molecular flexibility index (Phi) is 5.32. The van der Waals surface area contributed by atoms with Crippen molar-refractivity contribution >= 4 is 30.3 Å². The Labute approximate surface area is 47.2 Å². The predicted molar refractivity (Wildman–Crippen MR) is 32.4 cm³/mol. The molecule has 0 aliphatic rings. The van der Waals surface area contributed by atoms with E-state index in [0.717, 1.165) is 0 Å². The molecule has 0 rings (SSSR count). The molecule has 0 spiro atoms. The normalized spacial score (nSPS) is 10.0. The summed E-state index contributed by atoms with van der Waals surface area (Å²) in [5.41, 5.74) is 0. The lowest BCUT2D eigenvalue weighted by molar-refractivity contribution is 1.26. The van der Waals surface area contributed by atoms with Gasteiger partial charge in [-0.05, 0) is 0 Å². The number of rotatable bonds is 1. The largest absolute Gasteiger partial charge is 0.185 e. The van der Waals surface area contributed by atoms with Gasteiger partial charge in [-0.1, -0.05) is 0 Å². The predicted octanol–water partition coefficient (Wildman–Crippen LogP) is 2.07. The molecule has 0 fully saturated rings. The van der Waals surface area contributed by atoms with Gasteiger partial charge >= 0.3 is 0 Å². The summed E-state index contributed by atoms with van der Waals surface area (Å²) >= 11 is 2.04. The van der Waals surface area contributed by atoms with Crippen LogP contribution in [0.2, 0.25) is 0 Å². The lowest BCUT2D eigenvalue weighted by Crippen LogP contribution is -1.31. The minimum atomic E-state index is 1.33. The Morgan fingerprint density at radius 3 is 2.40 bits per heavy atom. The molecular weight excluding hydrogens is 199 g/mol. The van der Waals surface area contributed by atoms with E-state index in [9.17, 15) is 0 Å². The van der Waals surface area contributed by atoms with E-state index >= 15 is 0 Å². The van der Waals surface area contributed by atoms with Gasteiger partial charge in [0, 0.05) is 28.3 Å². The van der Waals surface area contributed by atoms with E-state index < -0.39 is 0 Å². The number of nitrogens with zero attached hydrogens (tertiary/aromatic N) is 2. The second-order valence-electron chi connectivity index (χ2n) is 0.351. The van der Waals surface area contributed by atoms with E-state index in [0.29, 0.717) is 0 Å². The van der Waals surface area contributed by atoms with E-state index in [1.807, 2.05) is 21.2 Å². The zero-order chi connectivity index (χ0) is 4.12. The van der Waals surface area contributed by atoms with Gasteiger partial charge in [-0.15, -0.1) is 4.52 Å². The van der Waals surface area contributed by atoms with Crippen molar-refractivity contribution in [2.45, 2.75) is 0 Å². The standard InChI is InChI=1S/CH3IN2S/c1-3-4-5-2/h1H3/b4-3-. The molecule has 0 atom stereocenters. The summed E-state index contributed by atoms with van der Waals surface area (Å²) in [5.74, 6) is 0. The van der Waals surface area contributed by atoms with Crippen LogP contribution in [0.15, 0.2) is 9.63 Å². The average Bonchev–Trinajstić information content (AvgIpc) is 1.41. The van der Waals surface area contributed by atoms with Gasteiger partial charge in [-0.25, -0.2) is 0 Å². The van der Waals surface area contributed by atoms with Gasteiger partial charge in [0.05, 0.1) is 9.12 Å². The fraction of sp³-hybridized carbons (Fsp3) is 1.00. The van der Waals surface area contributed by atoms with Gasteiger partial charge in [0.25, 0.3) is 0 Å². The number of hydrogen-bond acceptors (Lipinski definition) is 3. The minimum absolute atomic E-state index is 1.33. The molecule has 0 amide bonds. The summed E-state index contributed by atoms with van der Waals surface area (Å²) < 4.78 is 3.50. The van der Waals surface area contributed by atoms with Crippen molar-refractivity contribution in [3.8, 4) is 0 Å². The minimum Gasteiger partial charge on any atom is -0.185 e. The summed E-state index contributed by atoms with van der Waals surface area (Å²) in [6, 6.07) is 0. The third kappa shape index (κ3) is 4.68. The molecule has 0 aromatic rings. The highest BCUT2D eigenvalue weighted by Crippen LogP contribution is 2.10. The van der Waals surface area contributed by atoms with Crippen molar-refractivity contribution < 1.29 is 0 Å². The van der Waals surface area contributed by atoms with Gasteiger partial charge in [-0.3, -0.25) is 0 Å². The summed E-state index contributed by atoms with van der Waals surface area (Å²) in [4.78, 5) is 0. The maximum Gasteiger partial charge on any atom is 0.0702 e. The van der Waals surface area contributed by atoms with Crippen LogP contribution in [-0.2, 0) is 0 Å². The van der Waals surface area contributed by atoms with Crippen LogP contribution in [0.3, 0.4) is 0 Å². The molecule has 0 saturated carbocycles. The molecule has 0 aromatic heterocycles. The van der Waals surface area contributed by atoms with Crippen LogP contribution in [0, 0.1) is 0 Å². The topological polar surface area (TPSA) is 24.7 Å². The Balaban J connectivity index is 2.62. The molecule has 30 valence electrons. The molecule has 2 nitrogen and oxygen atoms in total. The molecule has 0 unspecified atom stereocenters. The molecule has 0 aromatic carbocycles. The third-order valence-electron chi connectivity index (χ3n) is 0.113. The Morgan fingerprint density at radius 1 is 1.80 bits per heavy atom. The highest BCUT2D eigenvalue weighted by Gasteiger charge is 1.56. The van der Waals surface area contributed by atoms with Crippen LogP contribution < -0.4 is 0 Å². The fourth-order valence-electron chi connectivity index (χ4n) is 0.0309. The number of hydrogen-bond donors (Lipinski definition) is 0. The van der Waals surface area contributed by atoms with Gasteiger partial charge in [0.2, 0.25) is 0 Å². The van der Waals surface area contributed by atoms with E-state index in [1.54, 1.807) is 7.05 Å². The van der Waals surface area contributed by atoms with Crippen LogP contribution in [0.5, 0.6) is 0 Å². The molecule has 0 bridgehead atoms. The second kappa shape index (κ2) is 4.68. The van der Waals surface area contributed by atoms with Crippen molar-refractivity contribution in [3.63, 3.8) is 0 Å². The molecule has 0 N–H and O–H groups in total. The lowest BCUT2D eigenvalue weighted by Gasteiger charge is -1.62. The maximum absolute atomic E-state index is 3.50. The van der Waals surface area contributed by atoms with Crippen molar-refractivity contribution in [2.75, 3.05) is 7.05 Å². The first-order chi connectivity index (χ1) is 2.41. The molecule has 0 heterocycles. The molecular formula is CH3IN2S. The first-order valence-corrected chi connectivity index (χ1v) is 4.30. The van der Waals surface area contributed by atoms with Crippen molar-refractivity contribution in [1.29, 1.82) is 0 Å². The average molecular weight is 202 g/mol. The molecule has 0 radical (unpaired) electrons. The quantitative estimate of drug-likeness (QED) is 0.363. The van der Waals surface area contributed by atoms with E-state index in [4.69, 9.17) is 0 Å². The van der Waals surface area contributed by atoms with Gasteiger partial charge in [0.1, 0.15) is 0 Å². The molecule has 0 saturated heterocycles. The smallest absolute Gasteiger partial charge is 0.0702 e. The number of halogens is 1. The van der Waals surface area contributed by atoms with Gasteiger partial charge < -0.3 is 0 Å². The van der Waals surface area contributed by atoms with E-state index in [2.05, 4.69) is 9.63 Å². The fourth-order valence-corrected chi connectivity index (χ4v) is 0.621. The van der Waals surface area contributed by atoms with Crippen LogP contribution in [0.1, 0.15) is 0 Å². The Hall–Kier alpha value is 0.680. The van der Waals surface area contributed by atoms with E-state index in [1.165, 1.54) is 9.12 Å². The third-order valence-corrected chi connectivity index (χ3v) is 0.866. The van der Waals surface area contributed by atoms with Crippen LogP contribution in [0.4, 0.5) is 0 Å². The summed E-state index contributed by atoms with van der Waals surface area (Å²) in [7, 11) is 2.97. The lowest BCUT2D eigenvalue weighted by atomic mass is 11.6. The SMILES string of the molecule is C/N=N\SI. The summed E-state index contributed by atoms with van der Waals surface area (Å²) in [5, 5.41) is 3.43. The zero-order valence-corrected chi connectivity index (χ0v) is 5.65. The molecule has 4 heteroatoms. The highest BCUT2D eigenvalue weighted by molar-refractivity contribution is 14.2. The summed E-state index contributed by atoms with van der Waals surface area (Å²) in [6.45, 7) is 0. The molecule has 5 heavy (non-hydrogen) atoms.